The lowest BCUT2D eigenvalue weighted by molar-refractivity contribution is 0.646. The van der Waals surface area contributed by atoms with E-state index in [1.165, 1.54) is 11.3 Å². The van der Waals surface area contributed by atoms with Crippen LogP contribution in [0, 0.1) is 6.92 Å². The summed E-state index contributed by atoms with van der Waals surface area (Å²) in [5.74, 6) is 1.69. The van der Waals surface area contributed by atoms with Crippen LogP contribution >= 0.6 is 0 Å². The van der Waals surface area contributed by atoms with Crippen LogP contribution in [0.3, 0.4) is 0 Å². The summed E-state index contributed by atoms with van der Waals surface area (Å²) in [5, 5.41) is 6.91. The molecule has 150 valence electrons. The molecular weight excluding hydrogens is 360 g/mol. The fourth-order valence-electron chi connectivity index (χ4n) is 3.64. The van der Waals surface area contributed by atoms with Crippen molar-refractivity contribution in [2.75, 3.05) is 25.0 Å². The minimum atomic E-state index is 0.374. The number of imidazole rings is 1. The number of nitrogens with zero attached hydrogens (tertiary/aromatic N) is 3. The van der Waals surface area contributed by atoms with Crippen molar-refractivity contribution in [1.29, 1.82) is 0 Å². The Morgan fingerprint density at radius 3 is 2.72 bits per heavy atom. The average Bonchev–Trinajstić information content (AvgIpc) is 3.42. The number of nitrogens with one attached hydrogen (secondary N) is 3. The number of hydrogen-bond acceptors (Lipinski definition) is 3. The summed E-state index contributed by atoms with van der Waals surface area (Å²) >= 11 is 0. The van der Waals surface area contributed by atoms with E-state index in [0.29, 0.717) is 12.6 Å². The Bertz CT molecular complexity index is 945. The van der Waals surface area contributed by atoms with Crippen LogP contribution in [0.4, 0.5) is 5.69 Å². The minimum Gasteiger partial charge on any atom is -0.369 e. The zero-order valence-corrected chi connectivity index (χ0v) is 17.0. The Labute approximate surface area is 172 Å². The lowest BCUT2D eigenvalue weighted by Gasteiger charge is -2.20. The minimum absolute atomic E-state index is 0.374. The molecule has 1 saturated heterocycles. The van der Waals surface area contributed by atoms with Gasteiger partial charge >= 0.3 is 0 Å². The maximum Gasteiger partial charge on any atom is 0.191 e. The molecule has 0 spiro atoms. The fourth-order valence-corrected chi connectivity index (χ4v) is 3.64. The van der Waals surface area contributed by atoms with E-state index in [9.17, 15) is 0 Å². The average molecular weight is 389 g/mol. The predicted molar refractivity (Wildman–Crippen MR) is 119 cm³/mol. The van der Waals surface area contributed by atoms with Crippen LogP contribution in [0.15, 0.2) is 65.8 Å². The molecule has 2 aromatic carbocycles. The smallest absolute Gasteiger partial charge is 0.191 e. The van der Waals surface area contributed by atoms with Gasteiger partial charge in [-0.05, 0) is 31.0 Å². The van der Waals surface area contributed by atoms with Crippen molar-refractivity contribution in [2.24, 2.45) is 4.99 Å². The van der Waals surface area contributed by atoms with Crippen LogP contribution in [0.1, 0.15) is 17.8 Å². The van der Waals surface area contributed by atoms with Crippen LogP contribution in [0.5, 0.6) is 0 Å². The molecule has 1 aliphatic heterocycles. The Balaban J connectivity index is 1.29. The van der Waals surface area contributed by atoms with E-state index in [0.717, 1.165) is 42.6 Å². The highest BCUT2D eigenvalue weighted by Gasteiger charge is 2.23. The van der Waals surface area contributed by atoms with E-state index in [1.54, 1.807) is 7.05 Å². The second-order valence-electron chi connectivity index (χ2n) is 7.45. The van der Waals surface area contributed by atoms with Crippen molar-refractivity contribution in [1.82, 2.24) is 20.6 Å². The number of hydrogen-bond donors (Lipinski definition) is 3. The van der Waals surface area contributed by atoms with Crippen LogP contribution in [0.2, 0.25) is 0 Å². The van der Waals surface area contributed by atoms with Gasteiger partial charge < -0.3 is 20.5 Å². The molecule has 6 nitrogen and oxygen atoms in total. The summed E-state index contributed by atoms with van der Waals surface area (Å²) in [5.41, 5.74) is 4.73. The molecule has 3 aromatic rings. The molecular formula is C23H28N6. The highest BCUT2D eigenvalue weighted by atomic mass is 15.2. The standard InChI is InChI=1S/C23H28N6/c1-17-8-10-20(11-9-17)29-13-12-19(16-29)27-23(24-2)26-15-22-25-14-21(28-22)18-6-4-3-5-7-18/h3-11,14,19H,12-13,15-16H2,1-2H3,(H,25,28)(H2,24,26,27). The summed E-state index contributed by atoms with van der Waals surface area (Å²) in [7, 11) is 1.81. The molecule has 0 radical (unpaired) electrons. The van der Waals surface area contributed by atoms with E-state index in [1.807, 2.05) is 24.4 Å². The third-order valence-corrected chi connectivity index (χ3v) is 5.29. The van der Waals surface area contributed by atoms with Gasteiger partial charge in [0.15, 0.2) is 5.96 Å². The Kier molecular flexibility index (Phi) is 5.79. The van der Waals surface area contributed by atoms with Crippen LogP contribution in [-0.4, -0.2) is 42.1 Å². The molecule has 1 fully saturated rings. The number of aryl methyl sites for hydroxylation is 1. The normalized spacial score (nSPS) is 16.8. The van der Waals surface area contributed by atoms with Crippen molar-refractivity contribution in [3.63, 3.8) is 0 Å². The molecule has 29 heavy (non-hydrogen) atoms. The first-order valence-electron chi connectivity index (χ1n) is 10.1. The number of H-pyrrole nitrogens is 1. The van der Waals surface area contributed by atoms with Gasteiger partial charge in [-0.2, -0.15) is 0 Å². The van der Waals surface area contributed by atoms with Gasteiger partial charge in [0.25, 0.3) is 0 Å². The second-order valence-corrected chi connectivity index (χ2v) is 7.45. The predicted octanol–water partition coefficient (Wildman–Crippen LogP) is 3.33. The van der Waals surface area contributed by atoms with Crippen molar-refractivity contribution >= 4 is 11.6 Å². The van der Waals surface area contributed by atoms with Gasteiger partial charge in [0.2, 0.25) is 0 Å². The first-order valence-corrected chi connectivity index (χ1v) is 10.1. The number of benzene rings is 2. The number of aromatic amines is 1. The molecule has 2 heterocycles. The first kappa shape index (κ1) is 19.1. The van der Waals surface area contributed by atoms with Crippen LogP contribution in [-0.2, 0) is 6.54 Å². The first-order chi connectivity index (χ1) is 14.2. The van der Waals surface area contributed by atoms with E-state index >= 15 is 0 Å². The number of aromatic nitrogens is 2. The SMILES string of the molecule is CN=C(NCc1ncc(-c2ccccc2)[nH]1)NC1CCN(c2ccc(C)cc2)C1. The number of guanidine groups is 1. The molecule has 0 amide bonds. The highest BCUT2D eigenvalue weighted by Crippen LogP contribution is 2.20. The summed E-state index contributed by atoms with van der Waals surface area (Å²) in [6.07, 6.45) is 2.96. The Morgan fingerprint density at radius 1 is 1.17 bits per heavy atom. The highest BCUT2D eigenvalue weighted by molar-refractivity contribution is 5.80. The zero-order valence-electron chi connectivity index (χ0n) is 17.0. The molecule has 4 rings (SSSR count). The summed E-state index contributed by atoms with van der Waals surface area (Å²) in [6.45, 7) is 4.75. The summed E-state index contributed by atoms with van der Waals surface area (Å²) in [4.78, 5) is 14.6. The third kappa shape index (κ3) is 4.77. The zero-order chi connectivity index (χ0) is 20.1. The summed E-state index contributed by atoms with van der Waals surface area (Å²) in [6, 6.07) is 19.3. The Hall–Kier alpha value is -3.28. The number of anilines is 1. The van der Waals surface area contributed by atoms with Gasteiger partial charge in [0, 0.05) is 31.9 Å². The molecule has 0 saturated carbocycles. The lowest BCUT2D eigenvalue weighted by Crippen LogP contribution is -2.44. The van der Waals surface area contributed by atoms with Gasteiger partial charge in [-0.3, -0.25) is 4.99 Å². The molecule has 6 heteroatoms. The van der Waals surface area contributed by atoms with Crippen LogP contribution in [0.25, 0.3) is 11.3 Å². The number of rotatable bonds is 5. The third-order valence-electron chi connectivity index (χ3n) is 5.29. The van der Waals surface area contributed by atoms with E-state index in [4.69, 9.17) is 0 Å². The van der Waals surface area contributed by atoms with Gasteiger partial charge in [0.05, 0.1) is 18.4 Å². The molecule has 0 aliphatic carbocycles. The molecule has 1 aromatic heterocycles. The molecule has 0 bridgehead atoms. The van der Waals surface area contributed by atoms with E-state index in [2.05, 4.69) is 73.8 Å². The van der Waals surface area contributed by atoms with Crippen molar-refractivity contribution in [3.05, 3.63) is 72.2 Å². The van der Waals surface area contributed by atoms with Gasteiger partial charge in [-0.1, -0.05) is 48.0 Å². The summed E-state index contributed by atoms with van der Waals surface area (Å²) < 4.78 is 0. The molecule has 1 atom stereocenters. The van der Waals surface area contributed by atoms with Crippen molar-refractivity contribution < 1.29 is 0 Å². The topological polar surface area (TPSA) is 68.3 Å². The second kappa shape index (κ2) is 8.82. The monoisotopic (exact) mass is 388 g/mol. The molecule has 3 N–H and O–H groups in total. The van der Waals surface area contributed by atoms with Crippen molar-refractivity contribution in [2.45, 2.75) is 25.9 Å². The molecule has 1 unspecified atom stereocenters. The maximum absolute atomic E-state index is 4.48. The quantitative estimate of drug-likeness (QED) is 0.463. The Morgan fingerprint density at radius 2 is 1.97 bits per heavy atom. The van der Waals surface area contributed by atoms with E-state index < -0.39 is 0 Å². The molecule has 1 aliphatic rings. The maximum atomic E-state index is 4.48. The fraction of sp³-hybridized carbons (Fsp3) is 0.304. The van der Waals surface area contributed by atoms with Crippen molar-refractivity contribution in [3.8, 4) is 11.3 Å². The van der Waals surface area contributed by atoms with Crippen LogP contribution < -0.4 is 15.5 Å². The van der Waals surface area contributed by atoms with E-state index in [-0.39, 0.29) is 0 Å². The van der Waals surface area contributed by atoms with Gasteiger partial charge in [-0.15, -0.1) is 0 Å². The van der Waals surface area contributed by atoms with Gasteiger partial charge in [0.1, 0.15) is 5.82 Å². The number of aliphatic imine (C=N–C) groups is 1. The largest absolute Gasteiger partial charge is 0.369 e. The lowest BCUT2D eigenvalue weighted by atomic mass is 10.2. The van der Waals surface area contributed by atoms with Gasteiger partial charge in [-0.25, -0.2) is 4.98 Å².